The van der Waals surface area contributed by atoms with E-state index in [0.29, 0.717) is 27.0 Å². The van der Waals surface area contributed by atoms with Crippen LogP contribution in [0.3, 0.4) is 0 Å². The first-order chi connectivity index (χ1) is 17.0. The minimum Gasteiger partial charge on any atom is -0.326 e. The Bertz CT molecular complexity index is 1370. The Hall–Kier alpha value is -1.99. The summed E-state index contributed by atoms with van der Waals surface area (Å²) in [5, 5.41) is 6.80. The predicted molar refractivity (Wildman–Crippen MR) is 147 cm³/mol. The fraction of sp³-hybridized carbons (Fsp3) is 0.231. The van der Waals surface area contributed by atoms with Gasteiger partial charge in [-0.15, -0.1) is 23.2 Å². The van der Waals surface area contributed by atoms with Crippen LogP contribution in [-0.4, -0.2) is 28.1 Å². The van der Waals surface area contributed by atoms with Crippen molar-refractivity contribution >= 4 is 81.2 Å². The number of rotatable bonds is 5. The molecule has 5 nitrogen and oxygen atoms in total. The average Bonchev–Trinajstić information content (AvgIpc) is 3.18. The van der Waals surface area contributed by atoms with Crippen molar-refractivity contribution in [3.05, 3.63) is 91.9 Å². The van der Waals surface area contributed by atoms with E-state index < -0.39 is 22.1 Å². The van der Waals surface area contributed by atoms with Gasteiger partial charge >= 0.3 is 0 Å². The summed E-state index contributed by atoms with van der Waals surface area (Å²) < 4.78 is -1.31. The van der Waals surface area contributed by atoms with E-state index in [-0.39, 0.29) is 16.5 Å². The third kappa shape index (κ3) is 5.06. The SMILES string of the molecule is CN1Cc2ccc(NC(=O)c3cc(NC(=O)[C@@H]4[C@@H](c5cc(Cl)cc(Cl)c5)C4(Cl)Cl)ccc3Cl)cc2C1. The van der Waals surface area contributed by atoms with Crippen LogP contribution in [0.2, 0.25) is 15.1 Å². The Labute approximate surface area is 233 Å². The van der Waals surface area contributed by atoms with Crippen LogP contribution in [-0.2, 0) is 17.9 Å². The van der Waals surface area contributed by atoms with Crippen LogP contribution < -0.4 is 10.6 Å². The molecule has 5 rings (SSSR count). The number of hydrogen-bond acceptors (Lipinski definition) is 3. The third-order valence-electron chi connectivity index (χ3n) is 6.40. The quantitative estimate of drug-likeness (QED) is 0.308. The number of halogens is 5. The van der Waals surface area contributed by atoms with Gasteiger partial charge in [0, 0.05) is 40.4 Å². The Balaban J connectivity index is 1.31. The van der Waals surface area contributed by atoms with Gasteiger partial charge in [-0.1, -0.05) is 40.9 Å². The van der Waals surface area contributed by atoms with E-state index in [0.717, 1.165) is 13.1 Å². The molecule has 0 spiro atoms. The first-order valence-corrected chi connectivity index (χ1v) is 13.0. The van der Waals surface area contributed by atoms with Gasteiger partial charge in [0.1, 0.15) is 4.33 Å². The number of anilines is 2. The van der Waals surface area contributed by atoms with Gasteiger partial charge in [0.25, 0.3) is 5.91 Å². The highest BCUT2D eigenvalue weighted by molar-refractivity contribution is 6.53. The number of amides is 2. The van der Waals surface area contributed by atoms with Crippen molar-refractivity contribution in [3.63, 3.8) is 0 Å². The van der Waals surface area contributed by atoms with Crippen molar-refractivity contribution in [2.24, 2.45) is 5.92 Å². The molecule has 0 saturated heterocycles. The normalized spacial score (nSPS) is 20.1. The molecule has 0 aromatic heterocycles. The average molecular weight is 584 g/mol. The molecule has 1 fully saturated rings. The largest absolute Gasteiger partial charge is 0.326 e. The topological polar surface area (TPSA) is 61.4 Å². The molecule has 10 heteroatoms. The summed E-state index contributed by atoms with van der Waals surface area (Å²) in [6.45, 7) is 1.71. The van der Waals surface area contributed by atoms with Gasteiger partial charge < -0.3 is 10.6 Å². The summed E-state index contributed by atoms with van der Waals surface area (Å²) in [6.07, 6.45) is 0. The lowest BCUT2D eigenvalue weighted by molar-refractivity contribution is -0.117. The molecule has 0 unspecified atom stereocenters. The molecule has 3 aromatic carbocycles. The zero-order chi connectivity index (χ0) is 25.8. The van der Waals surface area contributed by atoms with Crippen LogP contribution in [0.4, 0.5) is 11.4 Å². The molecular weight excluding hydrogens is 564 g/mol. The van der Waals surface area contributed by atoms with Gasteiger partial charge in [-0.2, -0.15) is 0 Å². The van der Waals surface area contributed by atoms with Crippen LogP contribution >= 0.6 is 58.0 Å². The standard InChI is InChI=1S/C26H20Cl5N3O2/c1-34-11-13-2-3-18(8-15(13)12-34)32-24(35)20-10-19(4-5-21(20)29)33-25(36)23-22(26(23,30)31)14-6-16(27)9-17(28)7-14/h2-10,22-23H,11-12H2,1H3,(H,32,35)(H,33,36)/t22-,23+/m1/s1. The first-order valence-electron chi connectivity index (χ1n) is 11.1. The fourth-order valence-electron chi connectivity index (χ4n) is 4.66. The van der Waals surface area contributed by atoms with E-state index in [1.165, 1.54) is 17.2 Å². The van der Waals surface area contributed by atoms with E-state index in [1.807, 2.05) is 25.2 Å². The Kier molecular flexibility index (Phi) is 6.92. The minimum atomic E-state index is -1.31. The van der Waals surface area contributed by atoms with Crippen molar-refractivity contribution < 1.29 is 9.59 Å². The Morgan fingerprint density at radius 2 is 1.50 bits per heavy atom. The lowest BCUT2D eigenvalue weighted by Crippen LogP contribution is -2.18. The number of carbonyl (C=O) groups is 2. The maximum atomic E-state index is 13.1. The zero-order valence-electron chi connectivity index (χ0n) is 18.9. The molecule has 1 heterocycles. The van der Waals surface area contributed by atoms with E-state index in [2.05, 4.69) is 15.5 Å². The number of nitrogens with one attached hydrogen (secondary N) is 2. The van der Waals surface area contributed by atoms with Gasteiger partial charge in [0.05, 0.1) is 16.5 Å². The summed E-state index contributed by atoms with van der Waals surface area (Å²) in [5.41, 5.74) is 4.39. The third-order valence-corrected chi connectivity index (χ3v) is 8.11. The maximum absolute atomic E-state index is 13.1. The summed E-state index contributed by atoms with van der Waals surface area (Å²) in [5.74, 6) is -1.99. The molecule has 2 amide bonds. The minimum absolute atomic E-state index is 0.226. The van der Waals surface area contributed by atoms with Crippen LogP contribution in [0.15, 0.2) is 54.6 Å². The molecular formula is C26H20Cl5N3O2. The van der Waals surface area contributed by atoms with Gasteiger partial charge in [0.2, 0.25) is 5.91 Å². The number of nitrogens with zero attached hydrogens (tertiary/aromatic N) is 1. The zero-order valence-corrected chi connectivity index (χ0v) is 22.7. The van der Waals surface area contributed by atoms with Crippen molar-refractivity contribution in [1.29, 1.82) is 0 Å². The van der Waals surface area contributed by atoms with Gasteiger partial charge in [0.15, 0.2) is 0 Å². The van der Waals surface area contributed by atoms with Gasteiger partial charge in [-0.05, 0) is 72.3 Å². The fourth-order valence-corrected chi connectivity index (χ4v) is 6.23. The number of fused-ring (bicyclic) bond motifs is 1. The molecule has 3 aromatic rings. The Morgan fingerprint density at radius 3 is 2.22 bits per heavy atom. The summed E-state index contributed by atoms with van der Waals surface area (Å²) in [7, 11) is 2.05. The summed E-state index contributed by atoms with van der Waals surface area (Å²) >= 11 is 31.4. The van der Waals surface area contributed by atoms with Crippen LogP contribution in [0.1, 0.15) is 33.0 Å². The van der Waals surface area contributed by atoms with E-state index in [1.54, 1.807) is 30.3 Å². The van der Waals surface area contributed by atoms with Crippen molar-refractivity contribution in [2.75, 3.05) is 17.7 Å². The van der Waals surface area contributed by atoms with Crippen LogP contribution in [0.5, 0.6) is 0 Å². The predicted octanol–water partition coefficient (Wildman–Crippen LogP) is 7.37. The second-order valence-electron chi connectivity index (χ2n) is 9.13. The second-order valence-corrected chi connectivity index (χ2v) is 11.9. The van der Waals surface area contributed by atoms with Crippen molar-refractivity contribution in [1.82, 2.24) is 4.90 Å². The molecule has 1 aliphatic heterocycles. The molecule has 2 N–H and O–H groups in total. The molecule has 2 aliphatic rings. The molecule has 186 valence electrons. The van der Waals surface area contributed by atoms with E-state index in [4.69, 9.17) is 58.0 Å². The summed E-state index contributed by atoms with van der Waals surface area (Å²) in [6, 6.07) is 15.5. The molecule has 0 bridgehead atoms. The summed E-state index contributed by atoms with van der Waals surface area (Å²) in [4.78, 5) is 28.2. The highest BCUT2D eigenvalue weighted by Crippen LogP contribution is 2.65. The Morgan fingerprint density at radius 1 is 0.861 bits per heavy atom. The highest BCUT2D eigenvalue weighted by atomic mass is 35.5. The number of benzene rings is 3. The lowest BCUT2D eigenvalue weighted by Gasteiger charge is -2.11. The molecule has 1 saturated carbocycles. The number of hydrogen-bond donors (Lipinski definition) is 2. The first kappa shape index (κ1) is 25.7. The lowest BCUT2D eigenvalue weighted by atomic mass is 10.1. The molecule has 0 radical (unpaired) electrons. The maximum Gasteiger partial charge on any atom is 0.257 e. The number of carbonyl (C=O) groups excluding carboxylic acids is 2. The smallest absolute Gasteiger partial charge is 0.257 e. The molecule has 1 aliphatic carbocycles. The van der Waals surface area contributed by atoms with Crippen molar-refractivity contribution in [2.45, 2.75) is 23.3 Å². The van der Waals surface area contributed by atoms with Crippen LogP contribution in [0, 0.1) is 5.92 Å². The van der Waals surface area contributed by atoms with Crippen molar-refractivity contribution in [3.8, 4) is 0 Å². The van der Waals surface area contributed by atoms with Gasteiger partial charge in [-0.25, -0.2) is 0 Å². The molecule has 2 atom stereocenters. The van der Waals surface area contributed by atoms with Crippen LogP contribution in [0.25, 0.3) is 0 Å². The highest BCUT2D eigenvalue weighted by Gasteiger charge is 2.67. The molecule has 36 heavy (non-hydrogen) atoms. The van der Waals surface area contributed by atoms with E-state index in [9.17, 15) is 9.59 Å². The second kappa shape index (κ2) is 9.71. The van der Waals surface area contributed by atoms with Gasteiger partial charge in [-0.3, -0.25) is 14.5 Å². The monoisotopic (exact) mass is 581 g/mol. The van der Waals surface area contributed by atoms with E-state index >= 15 is 0 Å². The number of alkyl halides is 2.